The second-order valence-corrected chi connectivity index (χ2v) is 2.88. The monoisotopic (exact) mass is 201 g/mol. The largest absolute Gasteiger partial charge is 0.359 e. The maximum Gasteiger partial charge on any atom is 0.237 e. The van der Waals surface area contributed by atoms with Crippen LogP contribution in [-0.4, -0.2) is 38.0 Å². The molecule has 14 heavy (non-hydrogen) atoms. The van der Waals surface area contributed by atoms with Crippen LogP contribution in [0.15, 0.2) is 0 Å². The highest BCUT2D eigenvalue weighted by Crippen LogP contribution is 1.92. The number of hydrogen-bond donors (Lipinski definition) is 3. The number of hydrogen-bond acceptors (Lipinski definition) is 3. The number of carbonyl (C=O) groups is 2. The third-order valence-electron chi connectivity index (χ3n) is 1.79. The Labute approximate surface area is 84.6 Å². The Kier molecular flexibility index (Phi) is 6.74. The Bertz CT molecular complexity index is 194. The Hall–Kier alpha value is -1.10. The molecule has 0 fully saturated rings. The van der Waals surface area contributed by atoms with Gasteiger partial charge in [-0.05, 0) is 13.5 Å². The molecule has 0 bridgehead atoms. The van der Waals surface area contributed by atoms with Crippen LogP contribution in [0.4, 0.5) is 0 Å². The quantitative estimate of drug-likeness (QED) is 0.529. The Balaban J connectivity index is 4.13. The van der Waals surface area contributed by atoms with E-state index in [2.05, 4.69) is 16.0 Å². The van der Waals surface area contributed by atoms with Crippen molar-refractivity contribution in [2.24, 2.45) is 0 Å². The van der Waals surface area contributed by atoms with Crippen molar-refractivity contribution >= 4 is 11.8 Å². The predicted octanol–water partition coefficient (Wildman–Crippen LogP) is -0.763. The van der Waals surface area contributed by atoms with Crippen LogP contribution in [0.1, 0.15) is 20.3 Å². The molecule has 82 valence electrons. The van der Waals surface area contributed by atoms with Gasteiger partial charge in [0.2, 0.25) is 11.8 Å². The number of likely N-dealkylation sites (N-methyl/N-ethyl adjacent to an activating group) is 2. The minimum Gasteiger partial charge on any atom is -0.359 e. The standard InChI is InChI=1S/C9H19N3O2/c1-4-11-7(6-8(13)10-3)9(14)12-5-2/h7,11H,4-6H2,1-3H3,(H,10,13)(H,12,14). The highest BCUT2D eigenvalue weighted by atomic mass is 16.2. The Morgan fingerprint density at radius 3 is 2.29 bits per heavy atom. The van der Waals surface area contributed by atoms with Gasteiger partial charge in [0, 0.05) is 13.6 Å². The number of nitrogens with one attached hydrogen (secondary N) is 3. The summed E-state index contributed by atoms with van der Waals surface area (Å²) in [7, 11) is 1.56. The lowest BCUT2D eigenvalue weighted by molar-refractivity contribution is -0.128. The van der Waals surface area contributed by atoms with Gasteiger partial charge < -0.3 is 16.0 Å². The molecule has 0 radical (unpaired) electrons. The molecule has 0 spiro atoms. The van der Waals surface area contributed by atoms with E-state index in [0.717, 1.165) is 0 Å². The zero-order valence-corrected chi connectivity index (χ0v) is 9.02. The normalized spacial score (nSPS) is 11.9. The van der Waals surface area contributed by atoms with Crippen LogP contribution < -0.4 is 16.0 Å². The molecule has 0 aromatic rings. The van der Waals surface area contributed by atoms with E-state index < -0.39 is 6.04 Å². The summed E-state index contributed by atoms with van der Waals surface area (Å²) in [6.07, 6.45) is 0.177. The fourth-order valence-electron chi connectivity index (χ4n) is 1.09. The molecule has 3 N–H and O–H groups in total. The van der Waals surface area contributed by atoms with Gasteiger partial charge in [0.15, 0.2) is 0 Å². The SMILES string of the molecule is CCNC(=O)C(CC(=O)NC)NCC. The van der Waals surface area contributed by atoms with Crippen molar-refractivity contribution in [3.63, 3.8) is 0 Å². The lowest BCUT2D eigenvalue weighted by atomic mass is 10.2. The summed E-state index contributed by atoms with van der Waals surface area (Å²) in [6.45, 7) is 4.99. The summed E-state index contributed by atoms with van der Waals surface area (Å²) in [4.78, 5) is 22.5. The average molecular weight is 201 g/mol. The minimum atomic E-state index is -0.431. The Morgan fingerprint density at radius 2 is 1.86 bits per heavy atom. The summed E-state index contributed by atoms with van der Waals surface area (Å²) >= 11 is 0. The smallest absolute Gasteiger partial charge is 0.237 e. The molecule has 5 nitrogen and oxygen atoms in total. The molecule has 0 aromatic heterocycles. The van der Waals surface area contributed by atoms with Gasteiger partial charge in [-0.15, -0.1) is 0 Å². The van der Waals surface area contributed by atoms with E-state index in [1.54, 1.807) is 7.05 Å². The molecule has 0 heterocycles. The molecule has 0 aliphatic heterocycles. The third kappa shape index (κ3) is 4.81. The van der Waals surface area contributed by atoms with Crippen LogP contribution in [0, 0.1) is 0 Å². The van der Waals surface area contributed by atoms with Crippen molar-refractivity contribution in [2.45, 2.75) is 26.3 Å². The second-order valence-electron chi connectivity index (χ2n) is 2.88. The van der Waals surface area contributed by atoms with Crippen molar-refractivity contribution in [2.75, 3.05) is 20.1 Å². The molecule has 0 rings (SSSR count). The zero-order chi connectivity index (χ0) is 11.0. The highest BCUT2D eigenvalue weighted by molar-refractivity contribution is 5.88. The lowest BCUT2D eigenvalue weighted by Crippen LogP contribution is -2.46. The third-order valence-corrected chi connectivity index (χ3v) is 1.79. The maximum atomic E-state index is 11.4. The van der Waals surface area contributed by atoms with Gasteiger partial charge in [-0.2, -0.15) is 0 Å². The van der Waals surface area contributed by atoms with Crippen molar-refractivity contribution in [1.82, 2.24) is 16.0 Å². The van der Waals surface area contributed by atoms with E-state index in [-0.39, 0.29) is 18.2 Å². The van der Waals surface area contributed by atoms with Gasteiger partial charge in [0.25, 0.3) is 0 Å². The van der Waals surface area contributed by atoms with E-state index >= 15 is 0 Å². The topological polar surface area (TPSA) is 70.2 Å². The molecular weight excluding hydrogens is 182 g/mol. The number of rotatable bonds is 6. The second kappa shape index (κ2) is 7.32. The van der Waals surface area contributed by atoms with E-state index in [4.69, 9.17) is 0 Å². The van der Waals surface area contributed by atoms with Crippen LogP contribution in [0.5, 0.6) is 0 Å². The molecular formula is C9H19N3O2. The van der Waals surface area contributed by atoms with E-state index in [1.165, 1.54) is 0 Å². The molecule has 1 unspecified atom stereocenters. The molecule has 0 saturated heterocycles. The molecule has 2 amide bonds. The van der Waals surface area contributed by atoms with Gasteiger partial charge in [-0.3, -0.25) is 9.59 Å². The number of amides is 2. The van der Waals surface area contributed by atoms with Crippen molar-refractivity contribution in [3.05, 3.63) is 0 Å². The molecule has 0 aliphatic carbocycles. The van der Waals surface area contributed by atoms with Crippen LogP contribution in [0.25, 0.3) is 0 Å². The fourth-order valence-corrected chi connectivity index (χ4v) is 1.09. The molecule has 0 aliphatic rings. The first-order valence-electron chi connectivity index (χ1n) is 4.87. The number of carbonyl (C=O) groups excluding carboxylic acids is 2. The van der Waals surface area contributed by atoms with E-state index in [1.807, 2.05) is 13.8 Å². The van der Waals surface area contributed by atoms with Gasteiger partial charge in [-0.1, -0.05) is 6.92 Å². The van der Waals surface area contributed by atoms with Crippen LogP contribution >= 0.6 is 0 Å². The van der Waals surface area contributed by atoms with Crippen molar-refractivity contribution in [3.8, 4) is 0 Å². The summed E-state index contributed by atoms with van der Waals surface area (Å²) < 4.78 is 0. The van der Waals surface area contributed by atoms with E-state index in [9.17, 15) is 9.59 Å². The first-order chi connectivity index (χ1) is 6.65. The van der Waals surface area contributed by atoms with Crippen LogP contribution in [0.2, 0.25) is 0 Å². The summed E-state index contributed by atoms with van der Waals surface area (Å²) in [5.41, 5.74) is 0. The van der Waals surface area contributed by atoms with Crippen molar-refractivity contribution in [1.29, 1.82) is 0 Å². The van der Waals surface area contributed by atoms with Gasteiger partial charge >= 0.3 is 0 Å². The highest BCUT2D eigenvalue weighted by Gasteiger charge is 2.19. The molecule has 0 saturated carbocycles. The first-order valence-corrected chi connectivity index (χ1v) is 4.87. The predicted molar refractivity (Wildman–Crippen MR) is 54.8 cm³/mol. The van der Waals surface area contributed by atoms with Gasteiger partial charge in [-0.25, -0.2) is 0 Å². The maximum absolute atomic E-state index is 11.4. The minimum absolute atomic E-state index is 0.127. The Morgan fingerprint density at radius 1 is 1.21 bits per heavy atom. The van der Waals surface area contributed by atoms with Crippen LogP contribution in [0.3, 0.4) is 0 Å². The molecule has 5 heteroatoms. The van der Waals surface area contributed by atoms with Crippen molar-refractivity contribution < 1.29 is 9.59 Å². The summed E-state index contributed by atoms with van der Waals surface area (Å²) in [5, 5.41) is 8.13. The lowest BCUT2D eigenvalue weighted by Gasteiger charge is -2.15. The zero-order valence-electron chi connectivity index (χ0n) is 9.02. The van der Waals surface area contributed by atoms with E-state index in [0.29, 0.717) is 13.1 Å². The van der Waals surface area contributed by atoms with Gasteiger partial charge in [0.05, 0.1) is 12.5 Å². The molecule has 1 atom stereocenters. The fraction of sp³-hybridized carbons (Fsp3) is 0.778. The van der Waals surface area contributed by atoms with Gasteiger partial charge in [0.1, 0.15) is 0 Å². The molecule has 0 aromatic carbocycles. The summed E-state index contributed by atoms with van der Waals surface area (Å²) in [6, 6.07) is -0.431. The first kappa shape index (κ1) is 12.9. The average Bonchev–Trinajstić information content (AvgIpc) is 2.17. The van der Waals surface area contributed by atoms with Crippen LogP contribution in [-0.2, 0) is 9.59 Å². The summed E-state index contributed by atoms with van der Waals surface area (Å²) in [5.74, 6) is -0.264.